The summed E-state index contributed by atoms with van der Waals surface area (Å²) in [5.74, 6) is -0.182. The highest BCUT2D eigenvalue weighted by atomic mass is 16.3. The van der Waals surface area contributed by atoms with E-state index in [0.29, 0.717) is 25.9 Å². The zero-order valence-electron chi connectivity index (χ0n) is 12.0. The van der Waals surface area contributed by atoms with Gasteiger partial charge >= 0.3 is 0 Å². The lowest BCUT2D eigenvalue weighted by Gasteiger charge is -2.30. The summed E-state index contributed by atoms with van der Waals surface area (Å²) in [6.07, 6.45) is 2.43. The van der Waals surface area contributed by atoms with E-state index in [0.717, 1.165) is 18.4 Å². The lowest BCUT2D eigenvalue weighted by molar-refractivity contribution is -0.138. The SMILES string of the molecule is O=C1CCC(=O)N1CCNC1(CO)CCc2ccccc21. The fourth-order valence-corrected chi connectivity index (χ4v) is 3.37. The van der Waals surface area contributed by atoms with E-state index >= 15 is 0 Å². The third-order valence-electron chi connectivity index (χ3n) is 4.58. The van der Waals surface area contributed by atoms with Gasteiger partial charge in [-0.1, -0.05) is 24.3 Å². The Bertz CT molecular complexity index is 556. The minimum atomic E-state index is -0.442. The van der Waals surface area contributed by atoms with Crippen LogP contribution in [0.1, 0.15) is 30.4 Å². The number of likely N-dealkylation sites (tertiary alicyclic amines) is 1. The molecule has 112 valence electrons. The predicted octanol–water partition coefficient (Wildman–Crippen LogP) is 0.559. The highest BCUT2D eigenvalue weighted by Gasteiger charge is 2.38. The largest absolute Gasteiger partial charge is 0.394 e. The summed E-state index contributed by atoms with van der Waals surface area (Å²) in [7, 11) is 0. The molecule has 1 aromatic rings. The van der Waals surface area contributed by atoms with Crippen LogP contribution in [0.25, 0.3) is 0 Å². The molecule has 1 aliphatic carbocycles. The van der Waals surface area contributed by atoms with Crippen LogP contribution in [0.5, 0.6) is 0 Å². The van der Waals surface area contributed by atoms with Crippen molar-refractivity contribution in [1.29, 1.82) is 0 Å². The van der Waals surface area contributed by atoms with Crippen LogP contribution in [0, 0.1) is 0 Å². The Morgan fingerprint density at radius 1 is 1.14 bits per heavy atom. The number of nitrogens with one attached hydrogen (secondary N) is 1. The molecule has 0 spiro atoms. The van der Waals surface area contributed by atoms with Gasteiger partial charge < -0.3 is 10.4 Å². The van der Waals surface area contributed by atoms with Crippen LogP contribution in [0.3, 0.4) is 0 Å². The number of carbonyl (C=O) groups excluding carboxylic acids is 2. The third-order valence-corrected chi connectivity index (χ3v) is 4.58. The van der Waals surface area contributed by atoms with Gasteiger partial charge in [-0.25, -0.2) is 0 Å². The molecule has 2 N–H and O–H groups in total. The number of hydrogen-bond donors (Lipinski definition) is 2. The normalized spacial score (nSPS) is 24.7. The van der Waals surface area contributed by atoms with E-state index in [9.17, 15) is 14.7 Å². The van der Waals surface area contributed by atoms with Gasteiger partial charge in [0, 0.05) is 25.9 Å². The summed E-state index contributed by atoms with van der Waals surface area (Å²) in [6.45, 7) is 0.903. The van der Waals surface area contributed by atoms with Gasteiger partial charge in [0.2, 0.25) is 11.8 Å². The highest BCUT2D eigenvalue weighted by molar-refractivity contribution is 6.01. The second-order valence-corrected chi connectivity index (χ2v) is 5.76. The first kappa shape index (κ1) is 14.2. The number of aryl methyl sites for hydroxylation is 1. The summed E-state index contributed by atoms with van der Waals surface area (Å²) in [4.78, 5) is 24.5. The lowest BCUT2D eigenvalue weighted by atomic mass is 9.92. The standard InChI is InChI=1S/C16H20N2O3/c19-11-16(8-7-12-3-1-2-4-13(12)16)17-9-10-18-14(20)5-6-15(18)21/h1-4,17,19H,5-11H2. The Kier molecular flexibility index (Phi) is 3.78. The number of nitrogens with zero attached hydrogens (tertiary/aromatic N) is 1. The van der Waals surface area contributed by atoms with Gasteiger partial charge in [0.25, 0.3) is 0 Å². The monoisotopic (exact) mass is 288 g/mol. The zero-order chi connectivity index (χ0) is 14.9. The number of fused-ring (bicyclic) bond motifs is 1. The fraction of sp³-hybridized carbons (Fsp3) is 0.500. The molecular weight excluding hydrogens is 268 g/mol. The molecule has 1 aliphatic heterocycles. The van der Waals surface area contributed by atoms with Crippen LogP contribution in [0.2, 0.25) is 0 Å². The Balaban J connectivity index is 1.66. The maximum Gasteiger partial charge on any atom is 0.229 e. The summed E-state index contributed by atoms with van der Waals surface area (Å²) >= 11 is 0. The molecule has 1 aromatic carbocycles. The molecule has 1 unspecified atom stereocenters. The lowest BCUT2D eigenvalue weighted by Crippen LogP contribution is -2.47. The van der Waals surface area contributed by atoms with Crippen molar-refractivity contribution in [2.75, 3.05) is 19.7 Å². The molecule has 3 rings (SSSR count). The van der Waals surface area contributed by atoms with Crippen LogP contribution in [0.4, 0.5) is 0 Å². The Labute approximate surface area is 123 Å². The van der Waals surface area contributed by atoms with E-state index in [4.69, 9.17) is 0 Å². The van der Waals surface area contributed by atoms with Gasteiger partial charge in [0.1, 0.15) is 0 Å². The molecule has 2 amide bonds. The van der Waals surface area contributed by atoms with Crippen LogP contribution in [-0.2, 0) is 21.5 Å². The molecule has 0 aromatic heterocycles. The van der Waals surface area contributed by atoms with Gasteiger partial charge in [-0.2, -0.15) is 0 Å². The van der Waals surface area contributed by atoms with Gasteiger partial charge in [-0.15, -0.1) is 0 Å². The summed E-state index contributed by atoms with van der Waals surface area (Å²) in [5.41, 5.74) is 1.95. The first-order valence-corrected chi connectivity index (χ1v) is 7.44. The first-order chi connectivity index (χ1) is 10.2. The predicted molar refractivity (Wildman–Crippen MR) is 77.5 cm³/mol. The Hall–Kier alpha value is -1.72. The van der Waals surface area contributed by atoms with E-state index in [1.54, 1.807) is 0 Å². The third kappa shape index (κ3) is 2.47. The fourth-order valence-electron chi connectivity index (χ4n) is 3.37. The molecule has 1 saturated heterocycles. The Morgan fingerprint density at radius 3 is 2.57 bits per heavy atom. The molecule has 1 fully saturated rings. The quantitative estimate of drug-likeness (QED) is 0.777. The van der Waals surface area contributed by atoms with Crippen LogP contribution >= 0.6 is 0 Å². The molecule has 2 aliphatic rings. The van der Waals surface area contributed by atoms with Crippen LogP contribution in [0.15, 0.2) is 24.3 Å². The van der Waals surface area contributed by atoms with Crippen LogP contribution < -0.4 is 5.32 Å². The summed E-state index contributed by atoms with van der Waals surface area (Å²) in [6, 6.07) is 8.11. The van der Waals surface area contributed by atoms with Gasteiger partial charge in [-0.3, -0.25) is 14.5 Å². The van der Waals surface area contributed by atoms with Gasteiger partial charge in [0.05, 0.1) is 12.1 Å². The van der Waals surface area contributed by atoms with Crippen molar-refractivity contribution in [3.63, 3.8) is 0 Å². The molecule has 1 heterocycles. The number of benzene rings is 1. The van der Waals surface area contributed by atoms with E-state index in [-0.39, 0.29) is 18.4 Å². The molecule has 21 heavy (non-hydrogen) atoms. The molecule has 5 heteroatoms. The number of aliphatic hydroxyl groups is 1. The molecule has 0 saturated carbocycles. The summed E-state index contributed by atoms with van der Waals surface area (Å²) in [5, 5.41) is 13.2. The van der Waals surface area contributed by atoms with E-state index in [1.165, 1.54) is 10.5 Å². The van der Waals surface area contributed by atoms with Crippen LogP contribution in [-0.4, -0.2) is 41.5 Å². The maximum atomic E-state index is 11.6. The second kappa shape index (κ2) is 5.58. The molecule has 5 nitrogen and oxygen atoms in total. The number of rotatable bonds is 5. The first-order valence-electron chi connectivity index (χ1n) is 7.44. The molecule has 1 atom stereocenters. The van der Waals surface area contributed by atoms with Crippen molar-refractivity contribution < 1.29 is 14.7 Å². The average molecular weight is 288 g/mol. The van der Waals surface area contributed by atoms with Crippen molar-refractivity contribution in [2.24, 2.45) is 0 Å². The minimum absolute atomic E-state index is 0.0197. The van der Waals surface area contributed by atoms with Gasteiger partial charge in [0.15, 0.2) is 0 Å². The Morgan fingerprint density at radius 2 is 1.86 bits per heavy atom. The molecule has 0 bridgehead atoms. The number of carbonyl (C=O) groups is 2. The van der Waals surface area contributed by atoms with E-state index < -0.39 is 5.54 Å². The smallest absolute Gasteiger partial charge is 0.229 e. The van der Waals surface area contributed by atoms with Crippen molar-refractivity contribution >= 4 is 11.8 Å². The number of aliphatic hydroxyl groups excluding tert-OH is 1. The highest BCUT2D eigenvalue weighted by Crippen LogP contribution is 2.36. The number of imide groups is 1. The minimum Gasteiger partial charge on any atom is -0.394 e. The second-order valence-electron chi connectivity index (χ2n) is 5.76. The van der Waals surface area contributed by atoms with Crippen molar-refractivity contribution in [1.82, 2.24) is 10.2 Å². The molecular formula is C16H20N2O3. The van der Waals surface area contributed by atoms with Crippen molar-refractivity contribution in [3.8, 4) is 0 Å². The summed E-state index contributed by atoms with van der Waals surface area (Å²) < 4.78 is 0. The van der Waals surface area contributed by atoms with Gasteiger partial charge in [-0.05, 0) is 24.0 Å². The maximum absolute atomic E-state index is 11.6. The average Bonchev–Trinajstić information content (AvgIpc) is 3.03. The number of hydrogen-bond acceptors (Lipinski definition) is 4. The van der Waals surface area contributed by atoms with Crippen molar-refractivity contribution in [2.45, 2.75) is 31.2 Å². The van der Waals surface area contributed by atoms with E-state index in [2.05, 4.69) is 11.4 Å². The zero-order valence-corrected chi connectivity index (χ0v) is 12.0. The van der Waals surface area contributed by atoms with Crippen molar-refractivity contribution in [3.05, 3.63) is 35.4 Å². The molecule has 0 radical (unpaired) electrons. The van der Waals surface area contributed by atoms with E-state index in [1.807, 2.05) is 18.2 Å². The topological polar surface area (TPSA) is 69.6 Å². The number of amides is 2.